The largest absolute Gasteiger partial charge is 0.390 e. The number of likely N-dealkylation sites (N-methyl/N-ethyl adjacent to an activating group) is 1. The van der Waals surface area contributed by atoms with E-state index in [9.17, 15) is 5.11 Å². The van der Waals surface area contributed by atoms with E-state index in [2.05, 4.69) is 30.0 Å². The van der Waals surface area contributed by atoms with Crippen LogP contribution in [0.3, 0.4) is 0 Å². The lowest BCUT2D eigenvalue weighted by atomic mass is 9.96. The number of likely N-dealkylation sites (tertiary alicyclic amines) is 1. The van der Waals surface area contributed by atoms with Gasteiger partial charge in [-0.05, 0) is 46.2 Å². The van der Waals surface area contributed by atoms with Crippen molar-refractivity contribution in [2.75, 3.05) is 33.7 Å². The summed E-state index contributed by atoms with van der Waals surface area (Å²) >= 11 is 0. The van der Waals surface area contributed by atoms with Crippen molar-refractivity contribution >= 4 is 0 Å². The van der Waals surface area contributed by atoms with E-state index >= 15 is 0 Å². The molecule has 0 unspecified atom stereocenters. The highest BCUT2D eigenvalue weighted by molar-refractivity contribution is 5.07. The summed E-state index contributed by atoms with van der Waals surface area (Å²) in [5.74, 6) is 0. The summed E-state index contributed by atoms with van der Waals surface area (Å²) in [5.41, 5.74) is 1.59. The average Bonchev–Trinajstić information content (AvgIpc) is 2.30. The summed E-state index contributed by atoms with van der Waals surface area (Å²) < 4.78 is 0. The van der Waals surface area contributed by atoms with Crippen molar-refractivity contribution in [3.63, 3.8) is 0 Å². The van der Waals surface area contributed by atoms with E-state index in [0.29, 0.717) is 6.04 Å². The number of aliphatic hydroxyl groups excluding tert-OH is 1. The van der Waals surface area contributed by atoms with Gasteiger partial charge in [-0.15, -0.1) is 0 Å². The minimum Gasteiger partial charge on any atom is -0.390 e. The van der Waals surface area contributed by atoms with Gasteiger partial charge in [-0.1, -0.05) is 11.6 Å². The smallest absolute Gasteiger partial charge is 0.0822 e. The Labute approximate surface area is 105 Å². The van der Waals surface area contributed by atoms with Crippen LogP contribution in [0, 0.1) is 0 Å². The van der Waals surface area contributed by atoms with Crippen LogP contribution in [-0.2, 0) is 0 Å². The Balaban J connectivity index is 1.82. The first-order chi connectivity index (χ1) is 8.16. The van der Waals surface area contributed by atoms with Crippen molar-refractivity contribution in [1.82, 2.24) is 9.80 Å². The molecular formula is C14H26N2O. The molecule has 3 heteroatoms. The van der Waals surface area contributed by atoms with E-state index in [1.807, 2.05) is 0 Å². The molecule has 2 rings (SSSR count). The van der Waals surface area contributed by atoms with Crippen LogP contribution in [0.5, 0.6) is 0 Å². The Morgan fingerprint density at radius 2 is 2.24 bits per heavy atom. The van der Waals surface area contributed by atoms with Crippen molar-refractivity contribution in [1.29, 1.82) is 0 Å². The van der Waals surface area contributed by atoms with Gasteiger partial charge in [0.25, 0.3) is 0 Å². The summed E-state index contributed by atoms with van der Waals surface area (Å²) in [6.45, 7) is 3.04. The number of rotatable bonds is 3. The molecule has 0 aromatic carbocycles. The Kier molecular flexibility index (Phi) is 4.60. The molecule has 1 aliphatic carbocycles. The number of aliphatic hydroxyl groups is 1. The summed E-state index contributed by atoms with van der Waals surface area (Å²) in [5, 5.41) is 10.1. The molecule has 1 aliphatic heterocycles. The minimum atomic E-state index is -0.192. The lowest BCUT2D eigenvalue weighted by molar-refractivity contribution is 0.00708. The molecule has 1 heterocycles. The first kappa shape index (κ1) is 13.1. The van der Waals surface area contributed by atoms with E-state index in [-0.39, 0.29) is 6.10 Å². The molecule has 0 radical (unpaired) electrons. The van der Waals surface area contributed by atoms with Crippen LogP contribution >= 0.6 is 0 Å². The maximum Gasteiger partial charge on any atom is 0.0822 e. The zero-order valence-corrected chi connectivity index (χ0v) is 11.2. The molecule has 0 amide bonds. The van der Waals surface area contributed by atoms with E-state index in [1.165, 1.54) is 25.7 Å². The third-order valence-corrected chi connectivity index (χ3v) is 4.11. The molecule has 0 aromatic heterocycles. The molecule has 0 spiro atoms. The molecule has 2 aliphatic rings. The van der Waals surface area contributed by atoms with Gasteiger partial charge in [-0.3, -0.25) is 4.90 Å². The normalized spacial score (nSPS) is 31.6. The molecule has 1 saturated heterocycles. The van der Waals surface area contributed by atoms with Crippen molar-refractivity contribution < 1.29 is 5.11 Å². The summed E-state index contributed by atoms with van der Waals surface area (Å²) in [6, 6.07) is 0.339. The number of allylic oxidation sites excluding steroid dienone is 1. The van der Waals surface area contributed by atoms with Crippen molar-refractivity contribution in [3.05, 3.63) is 11.6 Å². The first-order valence-corrected chi connectivity index (χ1v) is 6.91. The molecule has 98 valence electrons. The van der Waals surface area contributed by atoms with Gasteiger partial charge >= 0.3 is 0 Å². The van der Waals surface area contributed by atoms with Gasteiger partial charge in [0.1, 0.15) is 0 Å². The van der Waals surface area contributed by atoms with Crippen LogP contribution in [-0.4, -0.2) is 60.8 Å². The SMILES string of the molecule is CN(C)[C@H]1CCN(CC2=CCCCC2)C[C@@H]1O. The minimum absolute atomic E-state index is 0.192. The number of hydrogen-bond donors (Lipinski definition) is 1. The van der Waals surface area contributed by atoms with E-state index in [4.69, 9.17) is 0 Å². The predicted molar refractivity (Wildman–Crippen MR) is 71.1 cm³/mol. The highest BCUT2D eigenvalue weighted by Gasteiger charge is 2.29. The number of piperidine rings is 1. The number of hydrogen-bond acceptors (Lipinski definition) is 3. The monoisotopic (exact) mass is 238 g/mol. The van der Waals surface area contributed by atoms with E-state index in [0.717, 1.165) is 26.1 Å². The summed E-state index contributed by atoms with van der Waals surface area (Å²) in [6.07, 6.45) is 8.53. The molecule has 0 saturated carbocycles. The molecule has 0 bridgehead atoms. The Morgan fingerprint density at radius 3 is 2.82 bits per heavy atom. The van der Waals surface area contributed by atoms with Crippen LogP contribution in [0.1, 0.15) is 32.1 Å². The van der Waals surface area contributed by atoms with Crippen molar-refractivity contribution in [2.45, 2.75) is 44.2 Å². The Morgan fingerprint density at radius 1 is 1.41 bits per heavy atom. The number of β-amino-alcohol motifs (C(OH)–C–C–N with tert-alkyl or cyclic N) is 1. The number of nitrogens with zero attached hydrogens (tertiary/aromatic N) is 2. The van der Waals surface area contributed by atoms with Gasteiger partial charge in [0.05, 0.1) is 6.10 Å². The van der Waals surface area contributed by atoms with E-state index < -0.39 is 0 Å². The van der Waals surface area contributed by atoms with Crippen LogP contribution in [0.4, 0.5) is 0 Å². The molecule has 17 heavy (non-hydrogen) atoms. The zero-order valence-electron chi connectivity index (χ0n) is 11.2. The fourth-order valence-corrected chi connectivity index (χ4v) is 3.07. The van der Waals surface area contributed by atoms with Crippen LogP contribution < -0.4 is 0 Å². The molecule has 1 N–H and O–H groups in total. The third-order valence-electron chi connectivity index (χ3n) is 4.11. The molecular weight excluding hydrogens is 212 g/mol. The van der Waals surface area contributed by atoms with Gasteiger partial charge in [-0.25, -0.2) is 0 Å². The highest BCUT2D eigenvalue weighted by atomic mass is 16.3. The van der Waals surface area contributed by atoms with E-state index in [1.54, 1.807) is 5.57 Å². The second kappa shape index (κ2) is 5.98. The standard InChI is InChI=1S/C14H26N2O/c1-15(2)13-8-9-16(11-14(13)17)10-12-6-4-3-5-7-12/h6,13-14,17H,3-5,7-11H2,1-2H3/t13-,14-/m0/s1. The Hall–Kier alpha value is -0.380. The highest BCUT2D eigenvalue weighted by Crippen LogP contribution is 2.21. The molecule has 1 fully saturated rings. The predicted octanol–water partition coefficient (Wildman–Crippen LogP) is 1.48. The zero-order chi connectivity index (χ0) is 12.3. The topological polar surface area (TPSA) is 26.7 Å². The fourth-order valence-electron chi connectivity index (χ4n) is 3.07. The quantitative estimate of drug-likeness (QED) is 0.755. The molecule has 0 aromatic rings. The second-order valence-electron chi connectivity index (χ2n) is 5.73. The van der Waals surface area contributed by atoms with Gasteiger partial charge in [-0.2, -0.15) is 0 Å². The Bertz CT molecular complexity index is 275. The lowest BCUT2D eigenvalue weighted by Gasteiger charge is -2.39. The third kappa shape index (κ3) is 3.54. The van der Waals surface area contributed by atoms with Gasteiger partial charge in [0.15, 0.2) is 0 Å². The van der Waals surface area contributed by atoms with Gasteiger partial charge in [0.2, 0.25) is 0 Å². The summed E-state index contributed by atoms with van der Waals surface area (Å²) in [4.78, 5) is 4.57. The van der Waals surface area contributed by atoms with Crippen LogP contribution in [0.2, 0.25) is 0 Å². The maximum atomic E-state index is 10.1. The lowest BCUT2D eigenvalue weighted by Crippen LogP contribution is -2.52. The van der Waals surface area contributed by atoms with Gasteiger partial charge in [0, 0.05) is 25.7 Å². The average molecular weight is 238 g/mol. The maximum absolute atomic E-state index is 10.1. The van der Waals surface area contributed by atoms with Crippen molar-refractivity contribution in [2.24, 2.45) is 0 Å². The summed E-state index contributed by atoms with van der Waals surface area (Å²) in [7, 11) is 4.13. The van der Waals surface area contributed by atoms with Crippen LogP contribution in [0.15, 0.2) is 11.6 Å². The first-order valence-electron chi connectivity index (χ1n) is 6.91. The molecule has 3 nitrogen and oxygen atoms in total. The van der Waals surface area contributed by atoms with Crippen LogP contribution in [0.25, 0.3) is 0 Å². The van der Waals surface area contributed by atoms with Gasteiger partial charge < -0.3 is 10.0 Å². The van der Waals surface area contributed by atoms with Crippen molar-refractivity contribution in [3.8, 4) is 0 Å². The second-order valence-corrected chi connectivity index (χ2v) is 5.73. The fraction of sp³-hybridized carbons (Fsp3) is 0.857. The molecule has 2 atom stereocenters.